The monoisotopic (exact) mass is 610 g/mol. The Morgan fingerprint density at radius 1 is 0.767 bits per heavy atom. The van der Waals surface area contributed by atoms with Crippen molar-refractivity contribution in [1.29, 1.82) is 0 Å². The molecule has 0 fully saturated rings. The van der Waals surface area contributed by atoms with Gasteiger partial charge in [0.15, 0.2) is 24.7 Å². The molecule has 0 unspecified atom stereocenters. The summed E-state index contributed by atoms with van der Waals surface area (Å²) >= 11 is 1.48. The number of ether oxygens (including phenoxy) is 3. The predicted octanol–water partition coefficient (Wildman–Crippen LogP) is 6.68. The number of alkyl halides is 3. The Bertz CT molecular complexity index is 1600. The number of halogens is 3. The molecule has 0 saturated heterocycles. The molecule has 8 nitrogen and oxygen atoms in total. The number of para-hydroxylation sites is 1. The minimum atomic E-state index is -4.55. The van der Waals surface area contributed by atoms with Crippen LogP contribution < -0.4 is 20.1 Å². The van der Waals surface area contributed by atoms with Crippen molar-refractivity contribution in [3.05, 3.63) is 108 Å². The Morgan fingerprint density at radius 2 is 1.49 bits per heavy atom. The number of hydrogen-bond acceptors (Lipinski definition) is 7. The van der Waals surface area contributed by atoms with E-state index in [1.54, 1.807) is 12.1 Å². The number of methoxy groups -OCH3 is 1. The van der Waals surface area contributed by atoms with Crippen molar-refractivity contribution in [2.75, 3.05) is 31.0 Å². The second-order valence-corrected chi connectivity index (χ2v) is 9.93. The fourth-order valence-corrected chi connectivity index (χ4v) is 4.63. The number of rotatable bonds is 11. The van der Waals surface area contributed by atoms with E-state index in [0.717, 1.165) is 21.9 Å². The van der Waals surface area contributed by atoms with E-state index in [1.807, 2.05) is 42.5 Å². The molecular formula is C31H25F3N2O6S. The Balaban J connectivity index is 1.30. The molecular weight excluding hydrogens is 585 g/mol. The van der Waals surface area contributed by atoms with Crippen LogP contribution >= 0.6 is 11.8 Å². The third-order valence-electron chi connectivity index (χ3n) is 5.70. The molecule has 4 aromatic rings. The number of nitrogens with one attached hydrogen (secondary N) is 2. The van der Waals surface area contributed by atoms with Gasteiger partial charge in [-0.15, -0.1) is 0 Å². The van der Waals surface area contributed by atoms with Crippen LogP contribution in [0.1, 0.15) is 15.9 Å². The lowest BCUT2D eigenvalue weighted by Gasteiger charge is -2.13. The first kappa shape index (κ1) is 31.0. The molecule has 4 rings (SSSR count). The summed E-state index contributed by atoms with van der Waals surface area (Å²) in [5.41, 5.74) is -0.321. The molecule has 0 atom stereocenters. The number of esters is 1. The van der Waals surface area contributed by atoms with Gasteiger partial charge in [-0.2, -0.15) is 13.2 Å². The summed E-state index contributed by atoms with van der Waals surface area (Å²) in [4.78, 5) is 39.2. The average molecular weight is 611 g/mol. The van der Waals surface area contributed by atoms with Gasteiger partial charge in [0.25, 0.3) is 11.8 Å². The quantitative estimate of drug-likeness (QED) is 0.183. The molecule has 0 bridgehead atoms. The number of anilines is 2. The van der Waals surface area contributed by atoms with Crippen LogP contribution in [0.5, 0.6) is 11.5 Å². The molecule has 0 aliphatic rings. The number of benzene rings is 4. The van der Waals surface area contributed by atoms with Crippen LogP contribution in [0.25, 0.3) is 0 Å². The Morgan fingerprint density at radius 3 is 2.23 bits per heavy atom. The number of carbonyl (C=O) groups excluding carboxylic acids is 3. The first-order chi connectivity index (χ1) is 20.6. The summed E-state index contributed by atoms with van der Waals surface area (Å²) in [6.07, 6.45) is -4.55. The van der Waals surface area contributed by atoms with Crippen LogP contribution in [-0.4, -0.2) is 38.1 Å². The lowest BCUT2D eigenvalue weighted by molar-refractivity contribution is -0.137. The van der Waals surface area contributed by atoms with Gasteiger partial charge in [0.2, 0.25) is 0 Å². The van der Waals surface area contributed by atoms with Crippen molar-refractivity contribution in [2.45, 2.75) is 16.0 Å². The molecule has 0 aliphatic carbocycles. The molecule has 12 heteroatoms. The maximum Gasteiger partial charge on any atom is 0.416 e. The van der Waals surface area contributed by atoms with Crippen LogP contribution in [0, 0.1) is 0 Å². The largest absolute Gasteiger partial charge is 0.493 e. The molecule has 0 aliphatic heterocycles. The summed E-state index contributed by atoms with van der Waals surface area (Å²) in [5.74, 6) is -1.84. The summed E-state index contributed by atoms with van der Waals surface area (Å²) in [5, 5.41) is 5.08. The number of hydrogen-bond donors (Lipinski definition) is 2. The Hall–Kier alpha value is -4.97. The summed E-state index contributed by atoms with van der Waals surface area (Å²) in [6, 6.07) is 25.1. The van der Waals surface area contributed by atoms with Crippen LogP contribution in [-0.2, 0) is 20.5 Å². The summed E-state index contributed by atoms with van der Waals surface area (Å²) in [6.45, 7) is -1.08. The second kappa shape index (κ2) is 14.3. The van der Waals surface area contributed by atoms with Gasteiger partial charge in [-0.05, 0) is 60.7 Å². The zero-order valence-electron chi connectivity index (χ0n) is 22.6. The molecule has 0 radical (unpaired) electrons. The van der Waals surface area contributed by atoms with E-state index in [0.29, 0.717) is 5.69 Å². The van der Waals surface area contributed by atoms with E-state index in [4.69, 9.17) is 14.2 Å². The number of carbonyl (C=O) groups is 3. The highest BCUT2D eigenvalue weighted by atomic mass is 32.2. The normalized spacial score (nSPS) is 10.9. The van der Waals surface area contributed by atoms with E-state index in [9.17, 15) is 27.6 Å². The maximum atomic E-state index is 12.9. The van der Waals surface area contributed by atoms with Gasteiger partial charge < -0.3 is 24.8 Å². The van der Waals surface area contributed by atoms with Gasteiger partial charge in [0.05, 0.1) is 23.9 Å². The third kappa shape index (κ3) is 9.01. The fourth-order valence-electron chi connectivity index (χ4n) is 3.70. The van der Waals surface area contributed by atoms with Crippen molar-refractivity contribution in [2.24, 2.45) is 0 Å². The molecule has 43 heavy (non-hydrogen) atoms. The van der Waals surface area contributed by atoms with Crippen LogP contribution in [0.2, 0.25) is 0 Å². The highest BCUT2D eigenvalue weighted by Gasteiger charge is 2.30. The van der Waals surface area contributed by atoms with E-state index in [-0.39, 0.29) is 22.7 Å². The van der Waals surface area contributed by atoms with E-state index in [2.05, 4.69) is 10.6 Å². The summed E-state index contributed by atoms with van der Waals surface area (Å²) < 4.78 is 54.5. The first-order valence-corrected chi connectivity index (χ1v) is 13.5. The predicted molar refractivity (Wildman–Crippen MR) is 154 cm³/mol. The topological polar surface area (TPSA) is 103 Å². The van der Waals surface area contributed by atoms with Gasteiger partial charge in [-0.25, -0.2) is 4.79 Å². The molecule has 0 aromatic heterocycles. The minimum absolute atomic E-state index is 0.0454. The Labute approximate surface area is 249 Å². The smallest absolute Gasteiger partial charge is 0.416 e. The highest BCUT2D eigenvalue weighted by molar-refractivity contribution is 7.99. The van der Waals surface area contributed by atoms with E-state index in [1.165, 1.54) is 49.2 Å². The van der Waals surface area contributed by atoms with E-state index >= 15 is 0 Å². The van der Waals surface area contributed by atoms with Gasteiger partial charge >= 0.3 is 12.1 Å². The molecule has 0 heterocycles. The maximum absolute atomic E-state index is 12.9. The number of amides is 2. The third-order valence-corrected chi connectivity index (χ3v) is 6.78. The average Bonchev–Trinajstić information content (AvgIpc) is 3.00. The van der Waals surface area contributed by atoms with Gasteiger partial charge in [-0.3, -0.25) is 9.59 Å². The van der Waals surface area contributed by atoms with Crippen LogP contribution in [0.15, 0.2) is 107 Å². The van der Waals surface area contributed by atoms with Crippen molar-refractivity contribution in [3.63, 3.8) is 0 Å². The SMILES string of the molecule is COc1cc(C(=O)OCC(=O)Nc2ccccc2Sc2ccccc2)ccc1OCC(=O)Nc1cccc(C(F)(F)F)c1. The molecule has 4 aromatic carbocycles. The molecule has 0 saturated carbocycles. The molecule has 0 spiro atoms. The lowest BCUT2D eigenvalue weighted by Crippen LogP contribution is -2.21. The van der Waals surface area contributed by atoms with Crippen LogP contribution in [0.4, 0.5) is 24.5 Å². The zero-order chi connectivity index (χ0) is 30.8. The Kier molecular flexibility index (Phi) is 10.3. The standard InChI is InChI=1S/C31H25F3N2O6S/c1-40-26-16-20(14-15-25(26)41-18-28(37)35-22-9-7-8-21(17-22)31(32,33)34)30(39)42-19-29(38)36-24-12-5-6-13-27(24)43-23-10-3-2-4-11-23/h2-17H,18-19H2,1H3,(H,35,37)(H,36,38). The second-order valence-electron chi connectivity index (χ2n) is 8.82. The van der Waals surface area contributed by atoms with Crippen molar-refractivity contribution >= 4 is 40.9 Å². The molecule has 2 amide bonds. The van der Waals surface area contributed by atoms with Crippen LogP contribution in [0.3, 0.4) is 0 Å². The van der Waals surface area contributed by atoms with Crippen molar-refractivity contribution < 1.29 is 41.8 Å². The van der Waals surface area contributed by atoms with Gasteiger partial charge in [-0.1, -0.05) is 48.2 Å². The van der Waals surface area contributed by atoms with Gasteiger partial charge in [0, 0.05) is 15.5 Å². The van der Waals surface area contributed by atoms with Crippen molar-refractivity contribution in [3.8, 4) is 11.5 Å². The van der Waals surface area contributed by atoms with E-state index < -0.39 is 42.7 Å². The minimum Gasteiger partial charge on any atom is -0.493 e. The lowest BCUT2D eigenvalue weighted by atomic mass is 10.2. The fraction of sp³-hybridized carbons (Fsp3) is 0.129. The highest BCUT2D eigenvalue weighted by Crippen LogP contribution is 2.33. The molecule has 2 N–H and O–H groups in total. The zero-order valence-corrected chi connectivity index (χ0v) is 23.5. The van der Waals surface area contributed by atoms with Gasteiger partial charge in [0.1, 0.15) is 0 Å². The summed E-state index contributed by atoms with van der Waals surface area (Å²) in [7, 11) is 1.32. The molecule has 222 valence electrons. The first-order valence-electron chi connectivity index (χ1n) is 12.7. The van der Waals surface area contributed by atoms with Crippen molar-refractivity contribution in [1.82, 2.24) is 0 Å².